The lowest BCUT2D eigenvalue weighted by Gasteiger charge is -2.27. The zero-order valence-corrected chi connectivity index (χ0v) is 16.2. The third kappa shape index (κ3) is 5.92. The Kier molecular flexibility index (Phi) is 7.12. The molecular weight excluding hydrogens is 336 g/mol. The van der Waals surface area contributed by atoms with Crippen molar-refractivity contribution in [1.29, 1.82) is 0 Å². The van der Waals surface area contributed by atoms with Gasteiger partial charge in [0.2, 0.25) is 5.91 Å². The number of nitrogens with one attached hydrogen (secondary N) is 2. The fourth-order valence-corrected chi connectivity index (χ4v) is 2.99. The quantitative estimate of drug-likeness (QED) is 0.602. The number of amides is 1. The first-order valence-corrected chi connectivity index (χ1v) is 9.36. The van der Waals surface area contributed by atoms with Crippen LogP contribution in [0.2, 0.25) is 5.02 Å². The molecule has 0 atom stereocenters. The van der Waals surface area contributed by atoms with Gasteiger partial charge in [-0.25, -0.2) is 4.99 Å². The Bertz CT molecular complexity index is 592. The summed E-state index contributed by atoms with van der Waals surface area (Å²) in [5, 5.41) is 7.30. The average Bonchev–Trinajstić information content (AvgIpc) is 3.12. The van der Waals surface area contributed by atoms with Gasteiger partial charge in [0.25, 0.3) is 0 Å². The van der Waals surface area contributed by atoms with Gasteiger partial charge in [0.05, 0.1) is 0 Å². The predicted molar refractivity (Wildman–Crippen MR) is 104 cm³/mol. The highest BCUT2D eigenvalue weighted by molar-refractivity contribution is 6.30. The molecule has 0 radical (unpaired) electrons. The van der Waals surface area contributed by atoms with Gasteiger partial charge in [0.1, 0.15) is 6.54 Å². The van der Waals surface area contributed by atoms with E-state index in [0.29, 0.717) is 12.5 Å². The topological polar surface area (TPSA) is 56.7 Å². The summed E-state index contributed by atoms with van der Waals surface area (Å²) >= 11 is 5.97. The van der Waals surface area contributed by atoms with E-state index in [1.54, 1.807) is 0 Å². The van der Waals surface area contributed by atoms with Crippen LogP contribution in [-0.4, -0.2) is 49.5 Å². The van der Waals surface area contributed by atoms with Gasteiger partial charge in [-0.15, -0.1) is 0 Å². The van der Waals surface area contributed by atoms with Crippen molar-refractivity contribution in [3.8, 4) is 0 Å². The molecular formula is C19H29ClN4O. The van der Waals surface area contributed by atoms with E-state index in [2.05, 4.69) is 29.5 Å². The molecule has 2 rings (SSSR count). The molecule has 0 spiro atoms. The molecule has 6 heteroatoms. The van der Waals surface area contributed by atoms with E-state index in [1.165, 1.54) is 5.56 Å². The molecule has 1 saturated heterocycles. The van der Waals surface area contributed by atoms with Crippen LogP contribution in [-0.2, 0) is 10.2 Å². The van der Waals surface area contributed by atoms with Crippen LogP contribution >= 0.6 is 11.6 Å². The molecule has 138 valence electrons. The normalized spacial score (nSPS) is 15.4. The SMILES string of the molecule is CCNC(=NCC(=O)N1CCCC1)NCC(C)(C)c1ccc(Cl)cc1. The maximum Gasteiger partial charge on any atom is 0.244 e. The highest BCUT2D eigenvalue weighted by Crippen LogP contribution is 2.23. The minimum absolute atomic E-state index is 0.0836. The molecule has 5 nitrogen and oxygen atoms in total. The number of carbonyl (C=O) groups excluding carboxylic acids is 1. The number of hydrogen-bond acceptors (Lipinski definition) is 2. The summed E-state index contributed by atoms with van der Waals surface area (Å²) in [5.74, 6) is 0.781. The van der Waals surface area contributed by atoms with Crippen LogP contribution in [0.25, 0.3) is 0 Å². The van der Waals surface area contributed by atoms with E-state index in [4.69, 9.17) is 11.6 Å². The molecule has 0 bridgehead atoms. The van der Waals surface area contributed by atoms with Crippen molar-refractivity contribution in [2.75, 3.05) is 32.7 Å². The molecule has 2 N–H and O–H groups in total. The van der Waals surface area contributed by atoms with Crippen molar-refractivity contribution in [2.24, 2.45) is 4.99 Å². The minimum atomic E-state index is -0.0836. The van der Waals surface area contributed by atoms with Gasteiger partial charge in [0.15, 0.2) is 5.96 Å². The second-order valence-corrected chi connectivity index (χ2v) is 7.46. The number of rotatable bonds is 6. The second-order valence-electron chi connectivity index (χ2n) is 7.03. The van der Waals surface area contributed by atoms with E-state index in [0.717, 1.165) is 37.5 Å². The molecule has 1 aromatic rings. The maximum absolute atomic E-state index is 12.2. The zero-order chi connectivity index (χ0) is 18.3. The zero-order valence-electron chi connectivity index (χ0n) is 15.4. The van der Waals surface area contributed by atoms with Crippen LogP contribution in [0.3, 0.4) is 0 Å². The Balaban J connectivity index is 1.94. The average molecular weight is 365 g/mol. The lowest BCUT2D eigenvalue weighted by atomic mass is 9.85. The van der Waals surface area contributed by atoms with Crippen molar-refractivity contribution in [3.63, 3.8) is 0 Å². The van der Waals surface area contributed by atoms with Crippen molar-refractivity contribution in [3.05, 3.63) is 34.9 Å². The number of aliphatic imine (C=N–C) groups is 1. The molecule has 1 aliphatic heterocycles. The van der Waals surface area contributed by atoms with Crippen LogP contribution in [0.5, 0.6) is 0 Å². The van der Waals surface area contributed by atoms with Crippen LogP contribution in [0, 0.1) is 0 Å². The van der Waals surface area contributed by atoms with E-state index < -0.39 is 0 Å². The van der Waals surface area contributed by atoms with Crippen molar-refractivity contribution in [1.82, 2.24) is 15.5 Å². The molecule has 0 unspecified atom stereocenters. The highest BCUT2D eigenvalue weighted by Gasteiger charge is 2.21. The van der Waals surface area contributed by atoms with E-state index in [-0.39, 0.29) is 17.9 Å². The van der Waals surface area contributed by atoms with Crippen LogP contribution in [0.1, 0.15) is 39.2 Å². The van der Waals surface area contributed by atoms with E-state index in [9.17, 15) is 4.79 Å². The van der Waals surface area contributed by atoms with Gasteiger partial charge in [0, 0.05) is 36.6 Å². The molecule has 1 amide bonds. The Hall–Kier alpha value is -1.75. The van der Waals surface area contributed by atoms with Gasteiger partial charge >= 0.3 is 0 Å². The second kappa shape index (κ2) is 9.09. The molecule has 1 aliphatic rings. The molecule has 0 aromatic heterocycles. The fraction of sp³-hybridized carbons (Fsp3) is 0.579. The minimum Gasteiger partial charge on any atom is -0.357 e. The summed E-state index contributed by atoms with van der Waals surface area (Å²) in [6.45, 7) is 9.73. The smallest absolute Gasteiger partial charge is 0.244 e. The Morgan fingerprint density at radius 3 is 2.44 bits per heavy atom. The van der Waals surface area contributed by atoms with E-state index in [1.807, 2.05) is 36.1 Å². The number of carbonyl (C=O) groups is 1. The monoisotopic (exact) mass is 364 g/mol. The number of hydrogen-bond donors (Lipinski definition) is 2. The number of benzene rings is 1. The van der Waals surface area contributed by atoms with Crippen LogP contribution < -0.4 is 10.6 Å². The highest BCUT2D eigenvalue weighted by atomic mass is 35.5. The Labute approximate surface area is 155 Å². The van der Waals surface area contributed by atoms with Crippen LogP contribution in [0.15, 0.2) is 29.3 Å². The van der Waals surface area contributed by atoms with Crippen molar-refractivity contribution < 1.29 is 4.79 Å². The first kappa shape index (κ1) is 19.6. The lowest BCUT2D eigenvalue weighted by Crippen LogP contribution is -2.44. The van der Waals surface area contributed by atoms with Gasteiger partial charge in [-0.1, -0.05) is 37.6 Å². The fourth-order valence-electron chi connectivity index (χ4n) is 2.86. The van der Waals surface area contributed by atoms with Gasteiger partial charge < -0.3 is 15.5 Å². The third-order valence-corrected chi connectivity index (χ3v) is 4.75. The largest absolute Gasteiger partial charge is 0.357 e. The molecule has 0 saturated carbocycles. The predicted octanol–water partition coefficient (Wildman–Crippen LogP) is 2.80. The van der Waals surface area contributed by atoms with Crippen LogP contribution in [0.4, 0.5) is 0 Å². The summed E-state index contributed by atoms with van der Waals surface area (Å²) in [6, 6.07) is 7.91. The van der Waals surface area contributed by atoms with Gasteiger partial charge in [-0.05, 0) is 37.5 Å². The molecule has 0 aliphatic carbocycles. The number of nitrogens with zero attached hydrogens (tertiary/aromatic N) is 2. The lowest BCUT2D eigenvalue weighted by molar-refractivity contribution is -0.128. The third-order valence-electron chi connectivity index (χ3n) is 4.50. The van der Waals surface area contributed by atoms with Gasteiger partial charge in [-0.3, -0.25) is 4.79 Å². The summed E-state index contributed by atoms with van der Waals surface area (Å²) in [6.07, 6.45) is 2.20. The summed E-state index contributed by atoms with van der Waals surface area (Å²) in [4.78, 5) is 18.5. The van der Waals surface area contributed by atoms with Crippen molar-refractivity contribution >= 4 is 23.5 Å². The van der Waals surface area contributed by atoms with Gasteiger partial charge in [-0.2, -0.15) is 0 Å². The standard InChI is InChI=1S/C19H29ClN4O/c1-4-21-18(22-13-17(25)24-11-5-6-12-24)23-14-19(2,3)15-7-9-16(20)10-8-15/h7-10H,4-6,11-14H2,1-3H3,(H2,21,22,23). The first-order chi connectivity index (χ1) is 11.9. The Morgan fingerprint density at radius 2 is 1.84 bits per heavy atom. The molecule has 25 heavy (non-hydrogen) atoms. The first-order valence-electron chi connectivity index (χ1n) is 8.98. The number of likely N-dealkylation sites (tertiary alicyclic amines) is 1. The number of halogens is 1. The summed E-state index contributed by atoms with van der Waals surface area (Å²) in [5.41, 5.74) is 1.12. The van der Waals surface area contributed by atoms with Crippen molar-refractivity contribution in [2.45, 2.75) is 39.0 Å². The summed E-state index contributed by atoms with van der Waals surface area (Å²) in [7, 11) is 0. The Morgan fingerprint density at radius 1 is 1.20 bits per heavy atom. The molecule has 1 aromatic carbocycles. The van der Waals surface area contributed by atoms with E-state index >= 15 is 0 Å². The maximum atomic E-state index is 12.2. The summed E-state index contributed by atoms with van der Waals surface area (Å²) < 4.78 is 0. The molecule has 1 fully saturated rings. The number of guanidine groups is 1. The molecule has 1 heterocycles.